The van der Waals surface area contributed by atoms with E-state index >= 15 is 0 Å². The van der Waals surface area contributed by atoms with Gasteiger partial charge in [-0.25, -0.2) is 9.37 Å². The molecular weight excluding hydrogens is 280 g/mol. The normalized spacial score (nSPS) is 11.2. The Labute approximate surface area is 110 Å². The number of ether oxygens (including phenoxy) is 1. The highest BCUT2D eigenvalue weighted by Gasteiger charge is 2.33. The molecule has 0 radical (unpaired) electrons. The lowest BCUT2D eigenvalue weighted by Crippen LogP contribution is -2.09. The van der Waals surface area contributed by atoms with Crippen LogP contribution in [0.5, 0.6) is 11.8 Å². The first-order valence-corrected chi connectivity index (χ1v) is 5.23. The van der Waals surface area contributed by atoms with Gasteiger partial charge in [-0.3, -0.25) is 4.79 Å². The summed E-state index contributed by atoms with van der Waals surface area (Å²) in [6.07, 6.45) is -3.38. The Morgan fingerprint density at radius 3 is 2.55 bits per heavy atom. The van der Waals surface area contributed by atoms with Crippen molar-refractivity contribution in [1.82, 2.24) is 9.97 Å². The molecular formula is C12H6F4N2O2. The van der Waals surface area contributed by atoms with Crippen LogP contribution in [0.2, 0.25) is 0 Å². The molecule has 2 rings (SSSR count). The van der Waals surface area contributed by atoms with E-state index in [2.05, 4.69) is 9.97 Å². The summed E-state index contributed by atoms with van der Waals surface area (Å²) >= 11 is 0. The van der Waals surface area contributed by atoms with Crippen molar-refractivity contribution in [2.24, 2.45) is 0 Å². The lowest BCUT2D eigenvalue weighted by atomic mass is 10.2. The van der Waals surface area contributed by atoms with E-state index in [0.717, 1.165) is 18.3 Å². The third-order valence-electron chi connectivity index (χ3n) is 2.22. The van der Waals surface area contributed by atoms with E-state index in [-0.39, 0.29) is 11.3 Å². The van der Waals surface area contributed by atoms with E-state index in [4.69, 9.17) is 4.74 Å². The zero-order chi connectivity index (χ0) is 14.8. The molecule has 0 fully saturated rings. The third kappa shape index (κ3) is 3.08. The maximum Gasteiger partial charge on any atom is 0.433 e. The SMILES string of the molecule is O=Cc1ccc(Oc2nccc(C(F)(F)F)n2)c(F)c1. The number of hydrogen-bond donors (Lipinski definition) is 0. The van der Waals surface area contributed by atoms with Crippen LogP contribution in [0.3, 0.4) is 0 Å². The van der Waals surface area contributed by atoms with E-state index in [1.807, 2.05) is 0 Å². The molecule has 0 bridgehead atoms. The van der Waals surface area contributed by atoms with Gasteiger partial charge in [0.15, 0.2) is 17.3 Å². The molecule has 20 heavy (non-hydrogen) atoms. The average molecular weight is 286 g/mol. The number of rotatable bonds is 3. The molecule has 4 nitrogen and oxygen atoms in total. The first-order valence-electron chi connectivity index (χ1n) is 5.23. The van der Waals surface area contributed by atoms with E-state index < -0.39 is 23.7 Å². The Hall–Kier alpha value is -2.51. The van der Waals surface area contributed by atoms with Gasteiger partial charge in [0.1, 0.15) is 6.29 Å². The summed E-state index contributed by atoms with van der Waals surface area (Å²) in [5.41, 5.74) is -1.13. The molecule has 1 aromatic carbocycles. The van der Waals surface area contributed by atoms with Gasteiger partial charge in [0.2, 0.25) is 0 Å². The van der Waals surface area contributed by atoms with Gasteiger partial charge >= 0.3 is 12.2 Å². The highest BCUT2D eigenvalue weighted by atomic mass is 19.4. The maximum absolute atomic E-state index is 13.5. The zero-order valence-corrected chi connectivity index (χ0v) is 9.69. The van der Waals surface area contributed by atoms with Crippen molar-refractivity contribution in [2.45, 2.75) is 6.18 Å². The minimum Gasteiger partial charge on any atom is -0.421 e. The van der Waals surface area contributed by atoms with E-state index in [1.165, 1.54) is 6.07 Å². The molecule has 0 unspecified atom stereocenters. The summed E-state index contributed by atoms with van der Waals surface area (Å²) in [7, 11) is 0. The molecule has 1 aromatic heterocycles. The van der Waals surface area contributed by atoms with Crippen LogP contribution in [0.4, 0.5) is 17.6 Å². The third-order valence-corrected chi connectivity index (χ3v) is 2.22. The highest BCUT2D eigenvalue weighted by molar-refractivity contribution is 5.75. The van der Waals surface area contributed by atoms with Gasteiger partial charge in [0, 0.05) is 11.8 Å². The lowest BCUT2D eigenvalue weighted by Gasteiger charge is -2.08. The summed E-state index contributed by atoms with van der Waals surface area (Å²) in [6, 6.07) is 3.26. The van der Waals surface area contributed by atoms with E-state index in [0.29, 0.717) is 12.4 Å². The van der Waals surface area contributed by atoms with Gasteiger partial charge in [-0.1, -0.05) is 0 Å². The topological polar surface area (TPSA) is 52.1 Å². The van der Waals surface area contributed by atoms with Crippen LogP contribution in [-0.2, 0) is 6.18 Å². The molecule has 8 heteroatoms. The largest absolute Gasteiger partial charge is 0.433 e. The van der Waals surface area contributed by atoms with Crippen LogP contribution in [0, 0.1) is 5.82 Å². The Morgan fingerprint density at radius 1 is 1.20 bits per heavy atom. The number of carbonyl (C=O) groups excluding carboxylic acids is 1. The summed E-state index contributed by atoms with van der Waals surface area (Å²) in [5.74, 6) is -1.29. The van der Waals surface area contributed by atoms with Crippen LogP contribution in [0.25, 0.3) is 0 Å². The van der Waals surface area contributed by atoms with Crippen LogP contribution >= 0.6 is 0 Å². The molecule has 0 saturated heterocycles. The molecule has 0 amide bonds. The molecule has 0 aliphatic rings. The lowest BCUT2D eigenvalue weighted by molar-refractivity contribution is -0.141. The second-order valence-electron chi connectivity index (χ2n) is 3.63. The average Bonchev–Trinajstić information content (AvgIpc) is 2.40. The number of hydrogen-bond acceptors (Lipinski definition) is 4. The van der Waals surface area contributed by atoms with Crippen molar-refractivity contribution in [3.05, 3.63) is 47.5 Å². The van der Waals surface area contributed by atoms with Gasteiger partial charge < -0.3 is 4.74 Å². The first-order chi connectivity index (χ1) is 9.40. The fourth-order valence-corrected chi connectivity index (χ4v) is 1.32. The number of aldehydes is 1. The minimum absolute atomic E-state index is 0.0693. The molecule has 0 atom stereocenters. The monoisotopic (exact) mass is 286 g/mol. The second-order valence-corrected chi connectivity index (χ2v) is 3.63. The van der Waals surface area contributed by atoms with Gasteiger partial charge in [0.05, 0.1) is 0 Å². The van der Waals surface area contributed by atoms with Gasteiger partial charge in [-0.2, -0.15) is 18.2 Å². The number of nitrogens with zero attached hydrogens (tertiary/aromatic N) is 2. The standard InChI is InChI=1S/C12H6F4N2O2/c13-8-5-7(6-19)1-2-9(8)20-11-17-4-3-10(18-11)12(14,15)16/h1-6H. The van der Waals surface area contributed by atoms with Crippen molar-refractivity contribution in [3.63, 3.8) is 0 Å². The molecule has 0 aliphatic carbocycles. The Kier molecular flexibility index (Phi) is 3.64. The summed E-state index contributed by atoms with van der Waals surface area (Å²) in [4.78, 5) is 17.0. The van der Waals surface area contributed by atoms with Crippen molar-refractivity contribution >= 4 is 6.29 Å². The van der Waals surface area contributed by atoms with Crippen LogP contribution < -0.4 is 4.74 Å². The number of benzene rings is 1. The fourth-order valence-electron chi connectivity index (χ4n) is 1.32. The Bertz CT molecular complexity index is 644. The van der Waals surface area contributed by atoms with Gasteiger partial charge in [0.25, 0.3) is 0 Å². The van der Waals surface area contributed by atoms with Crippen molar-refractivity contribution in [3.8, 4) is 11.8 Å². The van der Waals surface area contributed by atoms with Crippen molar-refractivity contribution < 1.29 is 27.1 Å². The quantitative estimate of drug-likeness (QED) is 0.642. The van der Waals surface area contributed by atoms with Crippen LogP contribution in [0.15, 0.2) is 30.5 Å². The van der Waals surface area contributed by atoms with Crippen LogP contribution in [0.1, 0.15) is 16.1 Å². The predicted molar refractivity (Wildman–Crippen MR) is 58.9 cm³/mol. The predicted octanol–water partition coefficient (Wildman–Crippen LogP) is 3.24. The molecule has 104 valence electrons. The minimum atomic E-state index is -4.65. The van der Waals surface area contributed by atoms with Gasteiger partial charge in [-0.05, 0) is 24.3 Å². The number of aromatic nitrogens is 2. The molecule has 0 saturated carbocycles. The fraction of sp³-hybridized carbons (Fsp3) is 0.0833. The molecule has 0 spiro atoms. The zero-order valence-electron chi connectivity index (χ0n) is 9.69. The number of carbonyl (C=O) groups is 1. The molecule has 2 aromatic rings. The van der Waals surface area contributed by atoms with Crippen molar-refractivity contribution in [2.75, 3.05) is 0 Å². The van der Waals surface area contributed by atoms with Gasteiger partial charge in [-0.15, -0.1) is 0 Å². The number of alkyl halides is 3. The second kappa shape index (κ2) is 5.24. The van der Waals surface area contributed by atoms with E-state index in [9.17, 15) is 22.4 Å². The summed E-state index contributed by atoms with van der Waals surface area (Å²) in [5, 5.41) is 0. The first kappa shape index (κ1) is 13.9. The summed E-state index contributed by atoms with van der Waals surface area (Å²) < 4.78 is 55.6. The van der Waals surface area contributed by atoms with E-state index in [1.54, 1.807) is 0 Å². The molecule has 0 N–H and O–H groups in total. The number of halogens is 4. The van der Waals surface area contributed by atoms with Crippen LogP contribution in [-0.4, -0.2) is 16.3 Å². The maximum atomic E-state index is 13.5. The molecule has 1 heterocycles. The molecule has 0 aliphatic heterocycles. The highest BCUT2D eigenvalue weighted by Crippen LogP contribution is 2.29. The smallest absolute Gasteiger partial charge is 0.421 e. The Morgan fingerprint density at radius 2 is 1.95 bits per heavy atom. The summed E-state index contributed by atoms with van der Waals surface area (Å²) in [6.45, 7) is 0. The van der Waals surface area contributed by atoms with Crippen molar-refractivity contribution in [1.29, 1.82) is 0 Å². The Balaban J connectivity index is 2.28.